The average Bonchev–Trinajstić information content (AvgIpc) is 2.64. The van der Waals surface area contributed by atoms with Gasteiger partial charge in [0.1, 0.15) is 12.1 Å². The van der Waals surface area contributed by atoms with Crippen LogP contribution in [-0.4, -0.2) is 118 Å². The molecule has 1 amide bonds. The summed E-state index contributed by atoms with van der Waals surface area (Å²) in [5.41, 5.74) is 14.5. The first-order valence-electron chi connectivity index (χ1n) is 8.30. The van der Waals surface area contributed by atoms with Crippen molar-refractivity contribution in [2.24, 2.45) is 17.2 Å². The average molecular weight is 476 g/mol. The summed E-state index contributed by atoms with van der Waals surface area (Å²) >= 11 is 1.28. The molecule has 0 aromatic carbocycles. The molecule has 0 aliphatic carbocycles. The van der Waals surface area contributed by atoms with Crippen LogP contribution < -0.4 is 22.5 Å². The molecule has 0 spiro atoms. The molecule has 0 unspecified atom stereocenters. The van der Waals surface area contributed by atoms with E-state index in [1.165, 1.54) is 18.7 Å². The third-order valence-electron chi connectivity index (χ3n) is 2.18. The summed E-state index contributed by atoms with van der Waals surface area (Å²) in [7, 11) is 3.43. The van der Waals surface area contributed by atoms with Gasteiger partial charge in [-0.15, -0.1) is 11.8 Å². The van der Waals surface area contributed by atoms with Crippen molar-refractivity contribution in [3.8, 4) is 0 Å². The zero-order valence-corrected chi connectivity index (χ0v) is 18.4. The van der Waals surface area contributed by atoms with E-state index in [-0.39, 0.29) is 19.0 Å². The second-order valence-electron chi connectivity index (χ2n) is 5.55. The second kappa shape index (κ2) is 23.8. The van der Waals surface area contributed by atoms with E-state index in [1.807, 2.05) is 0 Å². The van der Waals surface area contributed by atoms with Crippen LogP contribution in [0.1, 0.15) is 6.92 Å². The minimum atomic E-state index is -1.18. The lowest BCUT2D eigenvalue weighted by molar-refractivity contribution is -0.140. The van der Waals surface area contributed by atoms with Crippen LogP contribution in [0.25, 0.3) is 0 Å². The standard InChI is InChI=1S/C6H12N2O3S.C4H9NO2.C3H7NO3.C2H5NO2/c1-4(9)8-3-12-2-5(7)6(10)11;1-5(2)3-4(6)7;4-2(1-5)3(6)7;3-1-2(4)5/h5H,2-3,7H2,1H3,(H,8,9)(H,10,11);3H2,1-2H3,(H,6,7);2,5H,1,4H2,(H,6,7);1,3H2,(H,4,5)/t5-;;2-;/m0.0./s1. The van der Waals surface area contributed by atoms with Crippen LogP contribution in [0, 0.1) is 0 Å². The lowest BCUT2D eigenvalue weighted by atomic mass is 10.3. The van der Waals surface area contributed by atoms with Gasteiger partial charge in [-0.05, 0) is 14.1 Å². The summed E-state index contributed by atoms with van der Waals surface area (Å²) in [4.78, 5) is 50.8. The van der Waals surface area contributed by atoms with Crippen LogP contribution in [0.15, 0.2) is 0 Å². The van der Waals surface area contributed by atoms with Gasteiger partial charge in [-0.25, -0.2) is 0 Å². The van der Waals surface area contributed by atoms with Gasteiger partial charge in [-0.1, -0.05) is 0 Å². The van der Waals surface area contributed by atoms with E-state index in [0.717, 1.165) is 0 Å². The highest BCUT2D eigenvalue weighted by Crippen LogP contribution is 1.98. The highest BCUT2D eigenvalue weighted by Gasteiger charge is 2.10. The number of nitrogens with two attached hydrogens (primary N) is 3. The van der Waals surface area contributed by atoms with E-state index in [1.54, 1.807) is 19.0 Å². The van der Waals surface area contributed by atoms with Gasteiger partial charge < -0.3 is 48.1 Å². The SMILES string of the molecule is CC(=O)NCSC[C@H](N)C(=O)O.CN(C)CC(=O)O.NCC(=O)O.N[C@@H](CO)C(=O)O. The van der Waals surface area contributed by atoms with Crippen molar-refractivity contribution in [1.29, 1.82) is 0 Å². The Morgan fingerprint density at radius 2 is 1.35 bits per heavy atom. The lowest BCUT2D eigenvalue weighted by Gasteiger charge is -2.05. The van der Waals surface area contributed by atoms with Gasteiger partial charge in [0.15, 0.2) is 0 Å². The number of nitrogens with one attached hydrogen (secondary N) is 1. The highest BCUT2D eigenvalue weighted by molar-refractivity contribution is 7.99. The van der Waals surface area contributed by atoms with Crippen LogP contribution in [-0.2, 0) is 24.0 Å². The number of carboxylic acid groups (broad SMARTS) is 4. The number of aliphatic hydroxyl groups excluding tert-OH is 1. The Kier molecular flexibility index (Phi) is 27.5. The number of thioether (sulfide) groups is 1. The monoisotopic (exact) mass is 475 g/mol. The number of aliphatic hydroxyl groups is 1. The molecule has 0 saturated heterocycles. The summed E-state index contributed by atoms with van der Waals surface area (Å²) in [6.07, 6.45) is 0. The molecule has 0 aromatic rings. The number of rotatable bonds is 10. The predicted molar refractivity (Wildman–Crippen MR) is 112 cm³/mol. The van der Waals surface area contributed by atoms with Crippen molar-refractivity contribution in [3.63, 3.8) is 0 Å². The number of carbonyl (C=O) groups excluding carboxylic acids is 1. The molecule has 184 valence electrons. The molecule has 12 N–H and O–H groups in total. The molecular weight excluding hydrogens is 442 g/mol. The first kappa shape index (κ1) is 35.9. The van der Waals surface area contributed by atoms with Crippen molar-refractivity contribution >= 4 is 41.5 Å². The Morgan fingerprint density at radius 3 is 1.52 bits per heavy atom. The first-order chi connectivity index (χ1) is 14.1. The molecule has 0 aromatic heterocycles. The molecule has 2 atom stereocenters. The Bertz CT molecular complexity index is 536. The minimum absolute atomic E-state index is 0.111. The van der Waals surface area contributed by atoms with Crippen LogP contribution in [0.2, 0.25) is 0 Å². The van der Waals surface area contributed by atoms with Crippen molar-refractivity contribution < 1.29 is 49.5 Å². The smallest absolute Gasteiger partial charge is 0.322 e. The van der Waals surface area contributed by atoms with Crippen molar-refractivity contribution in [2.45, 2.75) is 19.0 Å². The van der Waals surface area contributed by atoms with Gasteiger partial charge in [0.2, 0.25) is 5.91 Å². The molecular formula is C15H33N5O10S. The molecule has 15 nitrogen and oxygen atoms in total. The third-order valence-corrected chi connectivity index (χ3v) is 3.12. The quantitative estimate of drug-likeness (QED) is 0.108. The fraction of sp³-hybridized carbons (Fsp3) is 0.667. The van der Waals surface area contributed by atoms with Crippen LogP contribution in [0.5, 0.6) is 0 Å². The number of carboxylic acids is 4. The van der Waals surface area contributed by atoms with Gasteiger partial charge >= 0.3 is 23.9 Å². The minimum Gasteiger partial charge on any atom is -0.480 e. The molecule has 0 saturated carbocycles. The molecule has 0 heterocycles. The molecule has 0 fully saturated rings. The number of nitrogens with zero attached hydrogens (tertiary/aromatic N) is 1. The van der Waals surface area contributed by atoms with Gasteiger partial charge in [0, 0.05) is 12.7 Å². The van der Waals surface area contributed by atoms with E-state index in [0.29, 0.717) is 11.6 Å². The molecule has 16 heteroatoms. The fourth-order valence-corrected chi connectivity index (χ4v) is 1.58. The summed E-state index contributed by atoms with van der Waals surface area (Å²) in [5, 5.41) is 42.4. The summed E-state index contributed by atoms with van der Waals surface area (Å²) in [5.74, 6) is -3.39. The van der Waals surface area contributed by atoms with Crippen molar-refractivity contribution in [3.05, 3.63) is 0 Å². The number of carbonyl (C=O) groups is 5. The van der Waals surface area contributed by atoms with Gasteiger partial charge in [0.25, 0.3) is 0 Å². The Labute approximate surface area is 183 Å². The zero-order chi connectivity index (χ0) is 25.6. The maximum Gasteiger partial charge on any atom is 0.322 e. The van der Waals surface area contributed by atoms with Gasteiger partial charge in [-0.2, -0.15) is 0 Å². The molecule has 0 aliphatic heterocycles. The molecule has 0 rings (SSSR count). The Hall–Kier alpha value is -2.50. The Balaban J connectivity index is -0.000000166. The van der Waals surface area contributed by atoms with Gasteiger partial charge in [0.05, 0.1) is 25.6 Å². The van der Waals surface area contributed by atoms with E-state index < -0.39 is 42.6 Å². The van der Waals surface area contributed by atoms with E-state index in [9.17, 15) is 24.0 Å². The number of aliphatic carboxylic acids is 4. The lowest BCUT2D eigenvalue weighted by Crippen LogP contribution is -2.33. The van der Waals surface area contributed by atoms with E-state index >= 15 is 0 Å². The topological polar surface area (TPSA) is 280 Å². The van der Waals surface area contributed by atoms with Crippen molar-refractivity contribution in [1.82, 2.24) is 10.2 Å². The molecule has 0 radical (unpaired) electrons. The second-order valence-corrected chi connectivity index (χ2v) is 6.58. The zero-order valence-electron chi connectivity index (χ0n) is 17.6. The van der Waals surface area contributed by atoms with Crippen LogP contribution in [0.3, 0.4) is 0 Å². The largest absolute Gasteiger partial charge is 0.480 e. The number of hydrogen-bond acceptors (Lipinski definition) is 11. The van der Waals surface area contributed by atoms with Gasteiger partial charge in [-0.3, -0.25) is 28.9 Å². The normalized spacial score (nSPS) is 11.1. The van der Waals surface area contributed by atoms with E-state index in [2.05, 4.69) is 11.1 Å². The highest BCUT2D eigenvalue weighted by atomic mass is 32.2. The molecule has 0 aliphatic rings. The van der Waals surface area contributed by atoms with E-state index in [4.69, 9.17) is 37.0 Å². The number of likely N-dealkylation sites (N-methyl/N-ethyl adjacent to an activating group) is 1. The van der Waals surface area contributed by atoms with Crippen LogP contribution in [0.4, 0.5) is 0 Å². The van der Waals surface area contributed by atoms with Crippen molar-refractivity contribution in [2.75, 3.05) is 45.4 Å². The summed E-state index contributed by atoms with van der Waals surface area (Å²) < 4.78 is 0. The fourth-order valence-electron chi connectivity index (χ4n) is 0.758. The first-order valence-corrected chi connectivity index (χ1v) is 9.45. The van der Waals surface area contributed by atoms with Crippen LogP contribution >= 0.6 is 11.8 Å². The molecule has 31 heavy (non-hydrogen) atoms. The Morgan fingerprint density at radius 1 is 0.935 bits per heavy atom. The number of amides is 1. The third kappa shape index (κ3) is 42.6. The maximum absolute atomic E-state index is 10.4. The predicted octanol–water partition coefficient (Wildman–Crippen LogP) is -3.72. The number of hydrogen-bond donors (Lipinski definition) is 9. The summed E-state index contributed by atoms with van der Waals surface area (Å²) in [6.45, 7) is 0.729. The maximum atomic E-state index is 10.4. The molecule has 0 bridgehead atoms. The summed E-state index contributed by atoms with van der Waals surface area (Å²) in [6, 6.07) is -1.98.